The molecule has 0 bridgehead atoms. The lowest BCUT2D eigenvalue weighted by atomic mass is 10.1. The van der Waals surface area contributed by atoms with Crippen molar-refractivity contribution in [1.82, 2.24) is 9.55 Å². The molecule has 96 valence electrons. The SMILES string of the molecule is Cn1c(CCO)nc(-c2cc(Cl)ccc2F)c1Br. The van der Waals surface area contributed by atoms with E-state index in [0.29, 0.717) is 33.1 Å². The number of halogens is 3. The standard InChI is InChI=1S/C12H11BrClFN2O/c1-17-10(4-5-18)16-11(12(17)13)8-6-7(14)2-3-9(8)15/h2-3,6,18H,4-5H2,1H3. The van der Waals surface area contributed by atoms with Gasteiger partial charge in [-0.2, -0.15) is 0 Å². The molecule has 0 aliphatic carbocycles. The van der Waals surface area contributed by atoms with E-state index < -0.39 is 0 Å². The Kier molecular flexibility index (Phi) is 4.04. The van der Waals surface area contributed by atoms with Crippen molar-refractivity contribution >= 4 is 27.5 Å². The third-order valence-electron chi connectivity index (χ3n) is 2.64. The summed E-state index contributed by atoms with van der Waals surface area (Å²) in [5.41, 5.74) is 0.829. The Morgan fingerprint density at radius 3 is 2.89 bits per heavy atom. The maximum absolute atomic E-state index is 13.8. The average Bonchev–Trinajstić information content (AvgIpc) is 2.61. The first-order valence-electron chi connectivity index (χ1n) is 5.32. The molecule has 0 saturated carbocycles. The monoisotopic (exact) mass is 332 g/mol. The van der Waals surface area contributed by atoms with E-state index in [2.05, 4.69) is 20.9 Å². The highest BCUT2D eigenvalue weighted by Gasteiger charge is 2.17. The van der Waals surface area contributed by atoms with Crippen LogP contribution in [0.5, 0.6) is 0 Å². The molecule has 0 aliphatic heterocycles. The number of imidazole rings is 1. The fraction of sp³-hybridized carbons (Fsp3) is 0.250. The molecule has 1 aromatic carbocycles. The quantitative estimate of drug-likeness (QED) is 0.937. The molecule has 0 aliphatic rings. The van der Waals surface area contributed by atoms with Crippen LogP contribution in [0.15, 0.2) is 22.8 Å². The topological polar surface area (TPSA) is 38.0 Å². The molecule has 2 rings (SSSR count). The fourth-order valence-corrected chi connectivity index (χ4v) is 2.38. The van der Waals surface area contributed by atoms with Gasteiger partial charge in [-0.15, -0.1) is 0 Å². The van der Waals surface area contributed by atoms with E-state index in [9.17, 15) is 4.39 Å². The Hall–Kier alpha value is -0.910. The molecule has 3 nitrogen and oxygen atoms in total. The van der Waals surface area contributed by atoms with Crippen LogP contribution in [0.25, 0.3) is 11.3 Å². The zero-order valence-electron chi connectivity index (χ0n) is 9.62. The second-order valence-corrected chi connectivity index (χ2v) is 5.01. The average molecular weight is 334 g/mol. The molecule has 18 heavy (non-hydrogen) atoms. The zero-order valence-corrected chi connectivity index (χ0v) is 12.0. The Morgan fingerprint density at radius 1 is 1.50 bits per heavy atom. The van der Waals surface area contributed by atoms with E-state index >= 15 is 0 Å². The van der Waals surface area contributed by atoms with Crippen molar-refractivity contribution in [1.29, 1.82) is 0 Å². The Bertz CT molecular complexity index is 586. The summed E-state index contributed by atoms with van der Waals surface area (Å²) < 4.78 is 16.2. The molecule has 1 heterocycles. The van der Waals surface area contributed by atoms with Gasteiger partial charge in [0.05, 0.1) is 6.61 Å². The maximum atomic E-state index is 13.8. The Balaban J connectivity index is 2.57. The van der Waals surface area contributed by atoms with E-state index in [4.69, 9.17) is 16.7 Å². The summed E-state index contributed by atoms with van der Waals surface area (Å²) in [5.74, 6) is 0.299. The number of nitrogens with zero attached hydrogens (tertiary/aromatic N) is 2. The van der Waals surface area contributed by atoms with Gasteiger partial charge >= 0.3 is 0 Å². The number of benzene rings is 1. The first-order chi connectivity index (χ1) is 8.54. The van der Waals surface area contributed by atoms with Crippen LogP contribution in [-0.4, -0.2) is 21.3 Å². The number of aliphatic hydroxyl groups is 1. The summed E-state index contributed by atoms with van der Waals surface area (Å²) in [7, 11) is 1.80. The third kappa shape index (κ3) is 2.43. The molecular formula is C12H11BrClFN2O. The van der Waals surface area contributed by atoms with E-state index in [1.807, 2.05) is 0 Å². The second-order valence-electron chi connectivity index (χ2n) is 3.82. The van der Waals surface area contributed by atoms with Gasteiger partial charge in [-0.1, -0.05) is 11.6 Å². The van der Waals surface area contributed by atoms with E-state index in [1.54, 1.807) is 11.6 Å². The van der Waals surface area contributed by atoms with Crippen molar-refractivity contribution < 1.29 is 9.50 Å². The van der Waals surface area contributed by atoms with Crippen molar-refractivity contribution in [3.63, 3.8) is 0 Å². The van der Waals surface area contributed by atoms with Crippen molar-refractivity contribution in [3.8, 4) is 11.3 Å². The van der Waals surface area contributed by atoms with Gasteiger partial charge in [0.1, 0.15) is 21.9 Å². The Labute approximate surface area is 117 Å². The van der Waals surface area contributed by atoms with Crippen molar-refractivity contribution in [3.05, 3.63) is 39.5 Å². The summed E-state index contributed by atoms with van der Waals surface area (Å²) in [5, 5.41) is 9.40. The molecule has 2 aromatic rings. The van der Waals surface area contributed by atoms with Gasteiger partial charge in [0.15, 0.2) is 0 Å². The molecule has 0 atom stereocenters. The third-order valence-corrected chi connectivity index (χ3v) is 3.78. The van der Waals surface area contributed by atoms with Gasteiger partial charge in [0.25, 0.3) is 0 Å². The van der Waals surface area contributed by atoms with Crippen LogP contribution >= 0.6 is 27.5 Å². The molecule has 0 saturated heterocycles. The van der Waals surface area contributed by atoms with E-state index in [1.165, 1.54) is 18.2 Å². The van der Waals surface area contributed by atoms with Crippen LogP contribution in [0.1, 0.15) is 5.82 Å². The predicted octanol–water partition coefficient (Wildman–Crippen LogP) is 3.18. The number of aliphatic hydroxyl groups excluding tert-OH is 1. The lowest BCUT2D eigenvalue weighted by Crippen LogP contribution is -2.00. The highest BCUT2D eigenvalue weighted by atomic mass is 79.9. The van der Waals surface area contributed by atoms with Crippen molar-refractivity contribution in [2.45, 2.75) is 6.42 Å². The summed E-state index contributed by atoms with van der Waals surface area (Å²) in [6, 6.07) is 4.34. The highest BCUT2D eigenvalue weighted by Crippen LogP contribution is 2.31. The molecular weight excluding hydrogens is 322 g/mol. The lowest BCUT2D eigenvalue weighted by molar-refractivity contribution is 0.295. The normalized spacial score (nSPS) is 10.9. The fourth-order valence-electron chi connectivity index (χ4n) is 1.70. The van der Waals surface area contributed by atoms with Gasteiger partial charge < -0.3 is 9.67 Å². The van der Waals surface area contributed by atoms with Gasteiger partial charge in [-0.3, -0.25) is 0 Å². The first-order valence-corrected chi connectivity index (χ1v) is 6.49. The number of hydrogen-bond acceptors (Lipinski definition) is 2. The maximum Gasteiger partial charge on any atom is 0.132 e. The van der Waals surface area contributed by atoms with Gasteiger partial charge in [-0.25, -0.2) is 9.37 Å². The minimum atomic E-state index is -0.381. The molecule has 0 radical (unpaired) electrons. The van der Waals surface area contributed by atoms with E-state index in [0.717, 1.165) is 0 Å². The van der Waals surface area contributed by atoms with Crippen LogP contribution in [-0.2, 0) is 13.5 Å². The van der Waals surface area contributed by atoms with E-state index in [-0.39, 0.29) is 12.4 Å². The largest absolute Gasteiger partial charge is 0.396 e. The molecule has 1 aromatic heterocycles. The highest BCUT2D eigenvalue weighted by molar-refractivity contribution is 9.10. The molecule has 0 spiro atoms. The first kappa shape index (κ1) is 13.5. The molecule has 0 amide bonds. The zero-order chi connectivity index (χ0) is 13.3. The Morgan fingerprint density at radius 2 is 2.22 bits per heavy atom. The molecule has 0 fully saturated rings. The minimum Gasteiger partial charge on any atom is -0.396 e. The van der Waals surface area contributed by atoms with Gasteiger partial charge in [0.2, 0.25) is 0 Å². The second kappa shape index (κ2) is 5.38. The summed E-state index contributed by atoms with van der Waals surface area (Å²) in [4.78, 5) is 4.33. The van der Waals surface area contributed by atoms with Crippen molar-refractivity contribution in [2.24, 2.45) is 7.05 Å². The summed E-state index contributed by atoms with van der Waals surface area (Å²) >= 11 is 9.25. The summed E-state index contributed by atoms with van der Waals surface area (Å²) in [6.45, 7) is -0.00520. The smallest absolute Gasteiger partial charge is 0.132 e. The molecule has 1 N–H and O–H groups in total. The summed E-state index contributed by atoms with van der Waals surface area (Å²) in [6.07, 6.45) is 0.414. The van der Waals surface area contributed by atoms with Crippen LogP contribution in [0.4, 0.5) is 4.39 Å². The predicted molar refractivity (Wildman–Crippen MR) is 72.1 cm³/mol. The molecule has 0 unspecified atom stereocenters. The van der Waals surface area contributed by atoms with Crippen LogP contribution < -0.4 is 0 Å². The minimum absolute atomic E-state index is 0.00520. The lowest BCUT2D eigenvalue weighted by Gasteiger charge is -2.01. The van der Waals surface area contributed by atoms with Gasteiger partial charge in [0, 0.05) is 24.1 Å². The number of aromatic nitrogens is 2. The van der Waals surface area contributed by atoms with Gasteiger partial charge in [-0.05, 0) is 34.1 Å². The van der Waals surface area contributed by atoms with Crippen LogP contribution in [0.2, 0.25) is 5.02 Å². The van der Waals surface area contributed by atoms with Crippen LogP contribution in [0.3, 0.4) is 0 Å². The molecule has 6 heteroatoms. The number of hydrogen-bond donors (Lipinski definition) is 1. The van der Waals surface area contributed by atoms with Crippen molar-refractivity contribution in [2.75, 3.05) is 6.61 Å². The number of rotatable bonds is 3. The van der Waals surface area contributed by atoms with Crippen LogP contribution in [0, 0.1) is 5.82 Å².